The van der Waals surface area contributed by atoms with E-state index in [-0.39, 0.29) is 53.4 Å². The number of rotatable bonds is 1. The second kappa shape index (κ2) is 7.84. The maximum atomic E-state index is 2.38. The zero-order valence-corrected chi connectivity index (χ0v) is 21.8. The first kappa shape index (κ1) is 22.4. The maximum Gasteiger partial charge on any atom is -1.00 e. The fourth-order valence-corrected chi connectivity index (χ4v) is 5.49. The monoisotopic (exact) mass is 601 g/mol. The van der Waals surface area contributed by atoms with Crippen LogP contribution in [0.25, 0.3) is 16.7 Å². The molecule has 0 heterocycles. The van der Waals surface area contributed by atoms with Crippen molar-refractivity contribution in [3.63, 3.8) is 0 Å². The van der Waals surface area contributed by atoms with E-state index in [4.69, 9.17) is 0 Å². The number of benzene rings is 2. The molecule has 0 nitrogen and oxygen atoms in total. The molecule has 4 rings (SSSR count). The molecule has 0 amide bonds. The number of allylic oxidation sites excluding steroid dienone is 4. The molecule has 2 aromatic rings. The average Bonchev–Trinajstić information content (AvgIpc) is 2.94. The van der Waals surface area contributed by atoms with Crippen LogP contribution < -0.4 is 48.0 Å². The third kappa shape index (κ3) is 3.03. The van der Waals surface area contributed by atoms with Crippen molar-refractivity contribution in [1.29, 1.82) is 0 Å². The Morgan fingerprint density at radius 3 is 1.96 bits per heavy atom. The van der Waals surface area contributed by atoms with Gasteiger partial charge in [0.05, 0.1) is 0 Å². The summed E-state index contributed by atoms with van der Waals surface area (Å²) in [6.07, 6.45) is 0. The zero-order valence-electron chi connectivity index (χ0n) is 15.9. The summed E-state index contributed by atoms with van der Waals surface area (Å²) >= 11 is 2.36. The van der Waals surface area contributed by atoms with Gasteiger partial charge in [0.15, 0.2) is 0 Å². The predicted octanol–water partition coefficient (Wildman–Crippen LogP) is 0.461. The minimum Gasteiger partial charge on any atom is -1.00 e. The standard InChI is InChI=1S/C23H23.2HI.Ti/c1-14-15(2)22(23(4,5)16(14)3)20-12-8-11-19-18-10-7-6-9-17(18)13-21(19)20;;;/h6-13H,1-5H3;2*1H;/q;;;+2/p-2. The second-order valence-corrected chi connectivity index (χ2v) is 8.56. The Labute approximate surface area is 203 Å². The number of fused-ring (bicyclic) bond motifs is 3. The molecule has 133 valence electrons. The van der Waals surface area contributed by atoms with E-state index < -0.39 is 0 Å². The van der Waals surface area contributed by atoms with Crippen LogP contribution in [0.2, 0.25) is 0 Å². The first-order valence-corrected chi connectivity index (χ1v) is 9.59. The molecular weight excluding hydrogens is 578 g/mol. The molecule has 1 atom stereocenters. The molecular formula is C23H23I2Ti. The van der Waals surface area contributed by atoms with Crippen LogP contribution in [-0.4, -0.2) is 0 Å². The third-order valence-corrected chi connectivity index (χ3v) is 7.23. The van der Waals surface area contributed by atoms with Crippen LogP contribution >= 0.6 is 0 Å². The summed E-state index contributed by atoms with van der Waals surface area (Å²) < 4.78 is 0.463. The first-order valence-electron chi connectivity index (χ1n) is 8.69. The van der Waals surface area contributed by atoms with Crippen molar-refractivity contribution in [1.82, 2.24) is 0 Å². The fourth-order valence-electron chi connectivity index (χ4n) is 4.61. The summed E-state index contributed by atoms with van der Waals surface area (Å²) in [5, 5.41) is 0. The Kier molecular flexibility index (Phi) is 6.75. The topological polar surface area (TPSA) is 0 Å². The van der Waals surface area contributed by atoms with E-state index in [9.17, 15) is 0 Å². The van der Waals surface area contributed by atoms with Crippen molar-refractivity contribution < 1.29 is 68.4 Å². The Morgan fingerprint density at radius 2 is 1.35 bits per heavy atom. The molecule has 0 bridgehead atoms. The summed E-state index contributed by atoms with van der Waals surface area (Å²) in [4.78, 5) is 0. The van der Waals surface area contributed by atoms with E-state index >= 15 is 0 Å². The zero-order chi connectivity index (χ0) is 17.2. The quantitative estimate of drug-likeness (QED) is 0.330. The molecule has 26 heavy (non-hydrogen) atoms. The second-order valence-electron chi connectivity index (χ2n) is 7.66. The van der Waals surface area contributed by atoms with E-state index in [2.05, 4.69) is 97.5 Å². The van der Waals surface area contributed by atoms with Gasteiger partial charge >= 0.3 is 157 Å². The van der Waals surface area contributed by atoms with Gasteiger partial charge in [-0.2, -0.15) is 0 Å². The van der Waals surface area contributed by atoms with Crippen LogP contribution in [0.1, 0.15) is 55.5 Å². The van der Waals surface area contributed by atoms with Crippen molar-refractivity contribution in [2.75, 3.05) is 0 Å². The van der Waals surface area contributed by atoms with Crippen LogP contribution in [0, 0.1) is 5.41 Å². The van der Waals surface area contributed by atoms with Crippen molar-refractivity contribution in [2.45, 2.75) is 38.8 Å². The normalized spacial score (nSPS) is 19.7. The van der Waals surface area contributed by atoms with Gasteiger partial charge in [-0.3, -0.25) is 0 Å². The molecule has 0 fully saturated rings. The minimum atomic E-state index is 0. The molecule has 2 aliphatic rings. The van der Waals surface area contributed by atoms with Gasteiger partial charge in [0.25, 0.3) is 0 Å². The largest absolute Gasteiger partial charge is 1.00 e. The smallest absolute Gasteiger partial charge is 1.00 e. The summed E-state index contributed by atoms with van der Waals surface area (Å²) in [5.74, 6) is 0. The minimum absolute atomic E-state index is 0. The van der Waals surface area contributed by atoms with Gasteiger partial charge in [0.1, 0.15) is 0 Å². The van der Waals surface area contributed by atoms with Crippen molar-refractivity contribution in [3.05, 3.63) is 75.9 Å². The van der Waals surface area contributed by atoms with E-state index in [1.54, 1.807) is 0 Å². The molecule has 2 aromatic carbocycles. The van der Waals surface area contributed by atoms with Crippen LogP contribution in [0.4, 0.5) is 0 Å². The Balaban J connectivity index is 0.00000121. The van der Waals surface area contributed by atoms with Gasteiger partial charge in [-0.25, -0.2) is 0 Å². The van der Waals surface area contributed by atoms with Crippen LogP contribution in [0.3, 0.4) is 0 Å². The van der Waals surface area contributed by atoms with Gasteiger partial charge in [-0.1, -0.05) is 0 Å². The number of hydrogen-bond donors (Lipinski definition) is 0. The Morgan fingerprint density at radius 1 is 0.769 bits per heavy atom. The molecule has 3 heteroatoms. The SMILES string of the molecule is CC1=C(C)C(C)(C)C(c2cccc3c2[CH]([Ti+2])c2ccccc2-3)=C1C.[I-].[I-]. The van der Waals surface area contributed by atoms with Gasteiger partial charge in [-0.15, -0.1) is 0 Å². The first-order chi connectivity index (χ1) is 11.4. The van der Waals surface area contributed by atoms with E-state index in [0.29, 0.717) is 4.22 Å². The molecule has 0 spiro atoms. The van der Waals surface area contributed by atoms with Crippen LogP contribution in [0.5, 0.6) is 0 Å². The van der Waals surface area contributed by atoms with Crippen molar-refractivity contribution >= 4 is 5.57 Å². The van der Waals surface area contributed by atoms with Gasteiger partial charge in [0.2, 0.25) is 0 Å². The molecule has 0 saturated carbocycles. The summed E-state index contributed by atoms with van der Waals surface area (Å²) in [6.45, 7) is 11.6. The number of hydrogen-bond acceptors (Lipinski definition) is 0. The molecule has 1 unspecified atom stereocenters. The summed E-state index contributed by atoms with van der Waals surface area (Å²) in [6, 6.07) is 15.8. The van der Waals surface area contributed by atoms with E-state index in [0.717, 1.165) is 0 Å². The molecule has 0 radical (unpaired) electrons. The third-order valence-electron chi connectivity index (χ3n) is 6.29. The molecule has 0 aliphatic heterocycles. The van der Waals surface area contributed by atoms with Crippen molar-refractivity contribution in [2.24, 2.45) is 5.41 Å². The van der Waals surface area contributed by atoms with Crippen LogP contribution in [-0.2, 0) is 20.4 Å². The summed E-state index contributed by atoms with van der Waals surface area (Å²) in [5.41, 5.74) is 13.4. The summed E-state index contributed by atoms with van der Waals surface area (Å²) in [7, 11) is 0. The van der Waals surface area contributed by atoms with Crippen LogP contribution in [0.15, 0.2) is 59.2 Å². The molecule has 0 saturated heterocycles. The van der Waals surface area contributed by atoms with Gasteiger partial charge in [0, 0.05) is 0 Å². The maximum absolute atomic E-state index is 2.38. The fraction of sp³-hybridized carbons (Fsp3) is 0.304. The van der Waals surface area contributed by atoms with E-state index in [1.807, 2.05) is 0 Å². The predicted molar refractivity (Wildman–Crippen MR) is 98.5 cm³/mol. The van der Waals surface area contributed by atoms with E-state index in [1.165, 1.54) is 50.1 Å². The Bertz CT molecular complexity index is 935. The van der Waals surface area contributed by atoms with Crippen molar-refractivity contribution in [3.8, 4) is 11.1 Å². The average molecular weight is 601 g/mol. The molecule has 0 aromatic heterocycles. The molecule has 0 N–H and O–H groups in total. The molecule has 2 aliphatic carbocycles. The van der Waals surface area contributed by atoms with Gasteiger partial charge < -0.3 is 48.0 Å². The van der Waals surface area contributed by atoms with Gasteiger partial charge in [-0.05, 0) is 0 Å². The number of halogens is 2. The Hall–Kier alpha value is 0.0943.